The molecule has 0 fully saturated rings. The number of hydrogen-bond donors (Lipinski definition) is 1. The number of alkyl halides is 5. The molecule has 1 heterocycles. The molecular formula is C10H8F5N3. The van der Waals surface area contributed by atoms with Crippen LogP contribution in [0.2, 0.25) is 0 Å². The molecule has 0 radical (unpaired) electrons. The lowest BCUT2D eigenvalue weighted by Gasteiger charge is -2.14. The first-order valence-electron chi connectivity index (χ1n) is 4.76. The van der Waals surface area contributed by atoms with Crippen LogP contribution in [0.5, 0.6) is 0 Å². The molecule has 0 aliphatic rings. The molecule has 18 heavy (non-hydrogen) atoms. The van der Waals surface area contributed by atoms with Gasteiger partial charge in [0.05, 0.1) is 12.5 Å². The highest BCUT2D eigenvalue weighted by molar-refractivity contribution is 5.34. The normalized spacial score (nSPS) is 11.7. The summed E-state index contributed by atoms with van der Waals surface area (Å²) in [5.74, 6) is 0. The number of pyridine rings is 1. The summed E-state index contributed by atoms with van der Waals surface area (Å²) in [4.78, 5) is 2.93. The molecular weight excluding hydrogens is 257 g/mol. The van der Waals surface area contributed by atoms with E-state index in [0.29, 0.717) is 0 Å². The highest BCUT2D eigenvalue weighted by atomic mass is 19.4. The maximum absolute atomic E-state index is 12.6. The maximum atomic E-state index is 12.6. The standard InChI is InChI=1S/C10H8F5N3/c11-9(12)7-6(4-17)3-5(1-2-16)8(18-7)10(13,14)15/h3,9H,1,4,17H2. The smallest absolute Gasteiger partial charge is 0.326 e. The van der Waals surface area contributed by atoms with E-state index in [4.69, 9.17) is 11.0 Å². The fourth-order valence-electron chi connectivity index (χ4n) is 1.43. The quantitative estimate of drug-likeness (QED) is 0.854. The van der Waals surface area contributed by atoms with Crippen molar-refractivity contribution in [3.63, 3.8) is 0 Å². The van der Waals surface area contributed by atoms with Gasteiger partial charge in [-0.05, 0) is 17.2 Å². The molecule has 2 N–H and O–H groups in total. The van der Waals surface area contributed by atoms with Crippen LogP contribution in [0, 0.1) is 11.3 Å². The summed E-state index contributed by atoms with van der Waals surface area (Å²) in [5.41, 5.74) is 2.08. The SMILES string of the molecule is N#CCc1cc(CN)c(C(F)F)nc1C(F)(F)F. The number of hydrogen-bond acceptors (Lipinski definition) is 3. The summed E-state index contributed by atoms with van der Waals surface area (Å²) >= 11 is 0. The molecule has 8 heteroatoms. The third kappa shape index (κ3) is 2.92. The zero-order valence-electron chi connectivity index (χ0n) is 8.93. The Bertz CT molecular complexity index is 476. The van der Waals surface area contributed by atoms with Crippen molar-refractivity contribution in [3.05, 3.63) is 28.6 Å². The number of nitrogens with zero attached hydrogens (tertiary/aromatic N) is 2. The van der Waals surface area contributed by atoms with Crippen molar-refractivity contribution >= 4 is 0 Å². The van der Waals surface area contributed by atoms with Crippen LogP contribution in [-0.4, -0.2) is 4.98 Å². The van der Waals surface area contributed by atoms with Crippen molar-refractivity contribution in [1.29, 1.82) is 5.26 Å². The minimum absolute atomic E-state index is 0.191. The van der Waals surface area contributed by atoms with Crippen LogP contribution in [0.25, 0.3) is 0 Å². The summed E-state index contributed by atoms with van der Waals surface area (Å²) in [6.45, 7) is -0.372. The zero-order valence-corrected chi connectivity index (χ0v) is 8.93. The molecule has 1 aromatic rings. The van der Waals surface area contributed by atoms with Crippen LogP contribution in [0.1, 0.15) is 28.9 Å². The van der Waals surface area contributed by atoms with Gasteiger partial charge < -0.3 is 5.73 Å². The number of rotatable bonds is 3. The van der Waals surface area contributed by atoms with E-state index in [9.17, 15) is 22.0 Å². The van der Waals surface area contributed by atoms with Crippen molar-refractivity contribution in [3.8, 4) is 6.07 Å². The molecule has 0 amide bonds. The maximum Gasteiger partial charge on any atom is 0.433 e. The molecule has 98 valence electrons. The second-order valence-corrected chi connectivity index (χ2v) is 3.38. The molecule has 0 aliphatic carbocycles. The highest BCUT2D eigenvalue weighted by Crippen LogP contribution is 2.33. The molecule has 0 spiro atoms. The van der Waals surface area contributed by atoms with Gasteiger partial charge in [-0.3, -0.25) is 0 Å². The largest absolute Gasteiger partial charge is 0.433 e. The summed E-state index contributed by atoms with van der Waals surface area (Å²) in [7, 11) is 0. The van der Waals surface area contributed by atoms with Crippen LogP contribution in [0.3, 0.4) is 0 Å². The molecule has 1 aromatic heterocycles. The van der Waals surface area contributed by atoms with Gasteiger partial charge >= 0.3 is 6.18 Å². The fraction of sp³-hybridized carbons (Fsp3) is 0.400. The Labute approximate surface area is 99.0 Å². The average Bonchev–Trinajstić information content (AvgIpc) is 2.26. The highest BCUT2D eigenvalue weighted by Gasteiger charge is 2.37. The predicted molar refractivity (Wildman–Crippen MR) is 51.4 cm³/mol. The van der Waals surface area contributed by atoms with Gasteiger partial charge in [0.1, 0.15) is 11.4 Å². The van der Waals surface area contributed by atoms with Crippen molar-refractivity contribution in [2.75, 3.05) is 0 Å². The van der Waals surface area contributed by atoms with Crippen LogP contribution in [-0.2, 0) is 19.1 Å². The molecule has 0 aromatic carbocycles. The van der Waals surface area contributed by atoms with E-state index in [1.165, 1.54) is 6.07 Å². The van der Waals surface area contributed by atoms with Gasteiger partial charge in [-0.2, -0.15) is 18.4 Å². The van der Waals surface area contributed by atoms with E-state index in [1.54, 1.807) is 0 Å². The summed E-state index contributed by atoms with van der Waals surface area (Å²) in [6.07, 6.45) is -8.61. The van der Waals surface area contributed by atoms with Gasteiger partial charge in [-0.15, -0.1) is 0 Å². The van der Waals surface area contributed by atoms with Gasteiger partial charge in [0, 0.05) is 6.54 Å². The van der Waals surface area contributed by atoms with E-state index in [2.05, 4.69) is 4.98 Å². The van der Waals surface area contributed by atoms with Crippen molar-refractivity contribution in [1.82, 2.24) is 4.98 Å². The lowest BCUT2D eigenvalue weighted by atomic mass is 10.0. The van der Waals surface area contributed by atoms with Crippen LogP contribution < -0.4 is 5.73 Å². The first kappa shape index (κ1) is 14.3. The van der Waals surface area contributed by atoms with Gasteiger partial charge in [-0.1, -0.05) is 0 Å². The third-order valence-electron chi connectivity index (χ3n) is 2.18. The Morgan fingerprint density at radius 2 is 1.94 bits per heavy atom. The third-order valence-corrected chi connectivity index (χ3v) is 2.18. The second-order valence-electron chi connectivity index (χ2n) is 3.38. The van der Waals surface area contributed by atoms with Gasteiger partial charge in [0.25, 0.3) is 6.43 Å². The number of nitriles is 1. The van der Waals surface area contributed by atoms with E-state index in [1.807, 2.05) is 0 Å². The summed E-state index contributed by atoms with van der Waals surface area (Å²) in [5, 5.41) is 8.43. The van der Waals surface area contributed by atoms with Crippen molar-refractivity contribution < 1.29 is 22.0 Å². The van der Waals surface area contributed by atoms with E-state index >= 15 is 0 Å². The fourth-order valence-corrected chi connectivity index (χ4v) is 1.43. The Morgan fingerprint density at radius 3 is 2.33 bits per heavy atom. The van der Waals surface area contributed by atoms with E-state index < -0.39 is 36.0 Å². The lowest BCUT2D eigenvalue weighted by molar-refractivity contribution is -0.142. The number of halogens is 5. The summed E-state index contributed by atoms with van der Waals surface area (Å²) in [6, 6.07) is 2.39. The van der Waals surface area contributed by atoms with Crippen LogP contribution >= 0.6 is 0 Å². The zero-order chi connectivity index (χ0) is 13.9. The minimum atomic E-state index is -4.89. The average molecular weight is 265 g/mol. The lowest BCUT2D eigenvalue weighted by Crippen LogP contribution is -2.16. The minimum Gasteiger partial charge on any atom is -0.326 e. The predicted octanol–water partition coefficient (Wildman–Crippen LogP) is 2.56. The molecule has 0 aliphatic heterocycles. The Balaban J connectivity index is 3.48. The van der Waals surface area contributed by atoms with Crippen molar-refractivity contribution in [2.45, 2.75) is 25.6 Å². The molecule has 0 unspecified atom stereocenters. The molecule has 1 rings (SSSR count). The number of aromatic nitrogens is 1. The topological polar surface area (TPSA) is 62.7 Å². The Morgan fingerprint density at radius 1 is 1.33 bits per heavy atom. The van der Waals surface area contributed by atoms with Crippen molar-refractivity contribution in [2.24, 2.45) is 5.73 Å². The monoisotopic (exact) mass is 265 g/mol. The molecule has 0 saturated heterocycles. The second kappa shape index (κ2) is 5.27. The number of nitrogens with two attached hydrogens (primary N) is 1. The molecule has 3 nitrogen and oxygen atoms in total. The van der Waals surface area contributed by atoms with E-state index in [-0.39, 0.29) is 12.1 Å². The van der Waals surface area contributed by atoms with Crippen LogP contribution in [0.4, 0.5) is 22.0 Å². The van der Waals surface area contributed by atoms with E-state index in [0.717, 1.165) is 6.07 Å². The molecule has 0 saturated carbocycles. The molecule has 0 atom stereocenters. The Kier molecular flexibility index (Phi) is 4.19. The molecule has 0 bridgehead atoms. The van der Waals surface area contributed by atoms with Gasteiger partial charge in [0.2, 0.25) is 0 Å². The first-order valence-corrected chi connectivity index (χ1v) is 4.76. The first-order chi connectivity index (χ1) is 8.31. The van der Waals surface area contributed by atoms with Crippen LogP contribution in [0.15, 0.2) is 6.07 Å². The Hall–Kier alpha value is -1.75. The summed E-state index contributed by atoms with van der Waals surface area (Å²) < 4.78 is 62.9. The van der Waals surface area contributed by atoms with Gasteiger partial charge in [-0.25, -0.2) is 13.8 Å². The van der Waals surface area contributed by atoms with Gasteiger partial charge in [0.15, 0.2) is 0 Å².